The lowest BCUT2D eigenvalue weighted by molar-refractivity contribution is -0.138. The van der Waals surface area contributed by atoms with Crippen LogP contribution in [0.3, 0.4) is 0 Å². The van der Waals surface area contributed by atoms with E-state index in [2.05, 4.69) is 15.5 Å². The van der Waals surface area contributed by atoms with Crippen LogP contribution in [-0.2, 0) is 16.0 Å². The van der Waals surface area contributed by atoms with Crippen molar-refractivity contribution in [3.05, 3.63) is 65.7 Å². The summed E-state index contributed by atoms with van der Waals surface area (Å²) in [5.74, 6) is -0.778. The lowest BCUT2D eigenvalue weighted by Gasteiger charge is -2.34. The van der Waals surface area contributed by atoms with Crippen LogP contribution in [0, 0.1) is 5.82 Å². The maximum absolute atomic E-state index is 13.7. The first-order valence-electron chi connectivity index (χ1n) is 12.2. The highest BCUT2D eigenvalue weighted by Crippen LogP contribution is 2.33. The number of likely N-dealkylation sites (tertiary alicyclic amines) is 1. The number of carbonyl (C=O) groups excluding carboxylic acids is 2. The van der Waals surface area contributed by atoms with Crippen molar-refractivity contribution >= 4 is 33.7 Å². The highest BCUT2D eigenvalue weighted by atomic mass is 19.1. The van der Waals surface area contributed by atoms with Crippen LogP contribution in [0.4, 0.5) is 4.39 Å². The van der Waals surface area contributed by atoms with Gasteiger partial charge in [-0.15, -0.1) is 0 Å². The minimum atomic E-state index is -1.11. The number of amides is 2. The van der Waals surface area contributed by atoms with Gasteiger partial charge in [0.25, 0.3) is 0 Å². The second-order valence-electron chi connectivity index (χ2n) is 10.1. The molecule has 0 spiro atoms. The molecule has 1 unspecified atom stereocenters. The number of carbonyl (C=O) groups is 2. The molecule has 8 nitrogen and oxygen atoms in total. The second-order valence-corrected chi connectivity index (χ2v) is 10.1. The maximum atomic E-state index is 13.7. The first kappa shape index (κ1) is 24.0. The topological polar surface area (TPSA) is 117 Å². The minimum Gasteiger partial charge on any atom is -0.361 e. The number of benzene rings is 2. The third-order valence-corrected chi connectivity index (χ3v) is 6.94. The summed E-state index contributed by atoms with van der Waals surface area (Å²) in [4.78, 5) is 31.4. The molecule has 5 rings (SSSR count). The molecule has 1 saturated heterocycles. The second kappa shape index (κ2) is 9.39. The summed E-state index contributed by atoms with van der Waals surface area (Å²) in [6.45, 7) is 4.28. The average Bonchev–Trinajstić information content (AvgIpc) is 3.46. The van der Waals surface area contributed by atoms with Gasteiger partial charge in [0, 0.05) is 54.0 Å². The van der Waals surface area contributed by atoms with Crippen molar-refractivity contribution in [1.82, 2.24) is 20.4 Å². The lowest BCUT2D eigenvalue weighted by Crippen LogP contribution is -2.57. The fourth-order valence-electron chi connectivity index (χ4n) is 4.88. The van der Waals surface area contributed by atoms with E-state index in [1.165, 1.54) is 12.1 Å². The van der Waals surface area contributed by atoms with Gasteiger partial charge in [-0.2, -0.15) is 0 Å². The van der Waals surface area contributed by atoms with E-state index in [0.717, 1.165) is 27.5 Å². The van der Waals surface area contributed by atoms with Crippen molar-refractivity contribution in [2.75, 3.05) is 13.1 Å². The standard InChI is InChI=1S/C27H30FN5O3/c1-27(2,29)26(35)31-22(13-17-15-30-21-6-4-3-5-19(17)21)25(34)33-11-9-16(10-12-33)24-20-8-7-18(28)14-23(20)36-32-24/h3-8,14-16,22,30H,9-13,29H2,1-2H3,(H,31,35). The summed E-state index contributed by atoms with van der Waals surface area (Å²) < 4.78 is 18.9. The molecule has 4 aromatic rings. The third-order valence-electron chi connectivity index (χ3n) is 6.94. The fourth-order valence-corrected chi connectivity index (χ4v) is 4.88. The number of nitrogens with one attached hydrogen (secondary N) is 2. The molecule has 9 heteroatoms. The molecule has 4 N–H and O–H groups in total. The van der Waals surface area contributed by atoms with Gasteiger partial charge >= 0.3 is 0 Å². The summed E-state index contributed by atoms with van der Waals surface area (Å²) in [7, 11) is 0. The Morgan fingerprint density at radius 2 is 1.97 bits per heavy atom. The van der Waals surface area contributed by atoms with Gasteiger partial charge < -0.3 is 25.5 Å². The number of H-pyrrole nitrogens is 1. The van der Waals surface area contributed by atoms with Crippen molar-refractivity contribution in [1.29, 1.82) is 0 Å². The van der Waals surface area contributed by atoms with E-state index in [4.69, 9.17) is 10.3 Å². The van der Waals surface area contributed by atoms with Crippen LogP contribution in [0.5, 0.6) is 0 Å². The normalized spacial score (nSPS) is 15.9. The molecule has 1 aliphatic heterocycles. The minimum absolute atomic E-state index is 0.102. The van der Waals surface area contributed by atoms with E-state index in [1.807, 2.05) is 30.5 Å². The summed E-state index contributed by atoms with van der Waals surface area (Å²) >= 11 is 0. The van der Waals surface area contributed by atoms with E-state index in [1.54, 1.807) is 24.8 Å². The molecule has 0 aliphatic carbocycles. The molecule has 2 amide bonds. The number of hydrogen-bond acceptors (Lipinski definition) is 5. The first-order chi connectivity index (χ1) is 17.2. The first-order valence-corrected chi connectivity index (χ1v) is 12.2. The van der Waals surface area contributed by atoms with Crippen LogP contribution in [0.2, 0.25) is 0 Å². The SMILES string of the molecule is CC(C)(N)C(=O)NC(Cc1c[nH]c2ccccc12)C(=O)N1CCC(c2noc3cc(F)ccc23)CC1. The highest BCUT2D eigenvalue weighted by Gasteiger charge is 2.34. The Hall–Kier alpha value is -3.72. The number of nitrogens with two attached hydrogens (primary N) is 1. The smallest absolute Gasteiger partial charge is 0.245 e. The number of rotatable bonds is 6. The third kappa shape index (κ3) is 4.70. The Bertz CT molecular complexity index is 1410. The van der Waals surface area contributed by atoms with E-state index in [0.29, 0.717) is 37.9 Å². The molecule has 0 radical (unpaired) electrons. The van der Waals surface area contributed by atoms with Gasteiger partial charge in [0.05, 0.1) is 11.2 Å². The van der Waals surface area contributed by atoms with Crippen molar-refractivity contribution in [3.63, 3.8) is 0 Å². The molecule has 3 heterocycles. The van der Waals surface area contributed by atoms with Gasteiger partial charge in [-0.3, -0.25) is 9.59 Å². The molecule has 2 aromatic heterocycles. The monoisotopic (exact) mass is 491 g/mol. The zero-order valence-electron chi connectivity index (χ0n) is 20.4. The molecular formula is C27H30FN5O3. The lowest BCUT2D eigenvalue weighted by atomic mass is 9.91. The Morgan fingerprint density at radius 3 is 2.72 bits per heavy atom. The number of aromatic amines is 1. The number of aromatic nitrogens is 2. The quantitative estimate of drug-likeness (QED) is 0.381. The number of fused-ring (bicyclic) bond motifs is 2. The molecule has 0 bridgehead atoms. The Labute approximate surface area is 208 Å². The van der Waals surface area contributed by atoms with Crippen LogP contribution >= 0.6 is 0 Å². The number of para-hydroxylation sites is 1. The van der Waals surface area contributed by atoms with Crippen molar-refractivity contribution in [3.8, 4) is 0 Å². The predicted octanol–water partition coefficient (Wildman–Crippen LogP) is 3.62. The maximum Gasteiger partial charge on any atom is 0.245 e. The molecule has 188 valence electrons. The van der Waals surface area contributed by atoms with Crippen molar-refractivity contribution in [2.45, 2.75) is 50.6 Å². The van der Waals surface area contributed by atoms with Gasteiger partial charge in [-0.1, -0.05) is 23.4 Å². The largest absolute Gasteiger partial charge is 0.361 e. The van der Waals surface area contributed by atoms with Crippen LogP contribution in [0.25, 0.3) is 21.9 Å². The Balaban J connectivity index is 1.32. The number of halogens is 1. The highest BCUT2D eigenvalue weighted by molar-refractivity contribution is 5.92. The van der Waals surface area contributed by atoms with Gasteiger partial charge in [0.15, 0.2) is 5.58 Å². The van der Waals surface area contributed by atoms with Gasteiger partial charge in [0.1, 0.15) is 11.9 Å². The van der Waals surface area contributed by atoms with Crippen LogP contribution in [-0.4, -0.2) is 51.5 Å². The van der Waals surface area contributed by atoms with Crippen LogP contribution in [0.15, 0.2) is 53.2 Å². The molecular weight excluding hydrogens is 461 g/mol. The number of nitrogens with zero attached hydrogens (tertiary/aromatic N) is 2. The van der Waals surface area contributed by atoms with Crippen molar-refractivity contribution < 1.29 is 18.5 Å². The van der Waals surface area contributed by atoms with Crippen LogP contribution < -0.4 is 11.1 Å². The number of piperidine rings is 1. The van der Waals surface area contributed by atoms with Gasteiger partial charge in [-0.25, -0.2) is 4.39 Å². The predicted molar refractivity (Wildman–Crippen MR) is 135 cm³/mol. The van der Waals surface area contributed by atoms with Gasteiger partial charge in [-0.05, 0) is 50.5 Å². The van der Waals surface area contributed by atoms with Gasteiger partial charge in [0.2, 0.25) is 11.8 Å². The number of hydrogen-bond donors (Lipinski definition) is 3. The fraction of sp³-hybridized carbons (Fsp3) is 0.370. The van der Waals surface area contributed by atoms with E-state index in [9.17, 15) is 14.0 Å². The molecule has 1 atom stereocenters. The Kier molecular flexibility index (Phi) is 6.26. The zero-order chi connectivity index (χ0) is 25.4. The summed E-state index contributed by atoms with van der Waals surface area (Å²) in [6, 6.07) is 11.6. The molecule has 2 aromatic carbocycles. The summed E-state index contributed by atoms with van der Waals surface area (Å²) in [5.41, 5.74) is 8.06. The average molecular weight is 492 g/mol. The van der Waals surface area contributed by atoms with E-state index < -0.39 is 11.6 Å². The summed E-state index contributed by atoms with van der Waals surface area (Å²) in [6.07, 6.45) is 3.63. The van der Waals surface area contributed by atoms with Crippen LogP contribution in [0.1, 0.15) is 43.9 Å². The summed E-state index contributed by atoms with van der Waals surface area (Å²) in [5, 5.41) is 8.90. The zero-order valence-corrected chi connectivity index (χ0v) is 20.4. The molecule has 36 heavy (non-hydrogen) atoms. The molecule has 0 saturated carbocycles. The Morgan fingerprint density at radius 1 is 1.22 bits per heavy atom. The van der Waals surface area contributed by atoms with E-state index in [-0.39, 0.29) is 23.5 Å². The van der Waals surface area contributed by atoms with Crippen molar-refractivity contribution in [2.24, 2.45) is 5.73 Å². The molecule has 1 fully saturated rings. The molecule has 1 aliphatic rings. The van der Waals surface area contributed by atoms with E-state index >= 15 is 0 Å².